The van der Waals surface area contributed by atoms with Crippen molar-refractivity contribution in [3.05, 3.63) is 82.0 Å². The summed E-state index contributed by atoms with van der Waals surface area (Å²) < 4.78 is 62.0. The molecule has 16 heteroatoms. The first kappa shape index (κ1) is 40.3. The molecule has 2 aromatic carbocycles. The Morgan fingerprint density at radius 2 is 1.28 bits per heavy atom. The molecule has 0 saturated carbocycles. The number of hydrogen-bond donors (Lipinski definition) is 2. The van der Waals surface area contributed by atoms with Gasteiger partial charge < -0.3 is 20.1 Å². The second-order valence-electron chi connectivity index (χ2n) is 13.7. The summed E-state index contributed by atoms with van der Waals surface area (Å²) in [5, 5.41) is 8.01. The number of nitrogens with one attached hydrogen (secondary N) is 2. The minimum atomic E-state index is -3.18. The fourth-order valence-corrected chi connectivity index (χ4v) is 9.45. The van der Waals surface area contributed by atoms with Crippen LogP contribution in [0, 0.1) is 0 Å². The van der Waals surface area contributed by atoms with E-state index in [0.29, 0.717) is 77.9 Å². The molecule has 2 aliphatic rings. The Morgan fingerprint density at radius 3 is 1.85 bits per heavy atom. The third-order valence-corrected chi connectivity index (χ3v) is 13.6. The number of nitrogens with zero attached hydrogens (tertiary/aromatic N) is 4. The van der Waals surface area contributed by atoms with Crippen molar-refractivity contribution >= 4 is 43.2 Å². The summed E-state index contributed by atoms with van der Waals surface area (Å²) in [7, 11) is -3.14. The maximum absolute atomic E-state index is 11.9. The lowest BCUT2D eigenvalue weighted by molar-refractivity contribution is 0.288. The topological polar surface area (TPSA) is 143 Å². The molecule has 0 atom stereocenters. The second kappa shape index (κ2) is 17.2. The van der Waals surface area contributed by atoms with Crippen LogP contribution in [0.25, 0.3) is 33.6 Å². The van der Waals surface area contributed by atoms with Crippen LogP contribution in [0.3, 0.4) is 0 Å². The summed E-state index contributed by atoms with van der Waals surface area (Å²) in [6.45, 7) is 3.11. The van der Waals surface area contributed by atoms with Crippen LogP contribution in [0.2, 0.25) is 10.0 Å². The molecule has 4 heterocycles. The molecule has 6 rings (SSSR count). The number of pyridine rings is 2. The van der Waals surface area contributed by atoms with E-state index in [1.54, 1.807) is 20.4 Å². The molecule has 0 aliphatic carbocycles. The highest BCUT2D eigenvalue weighted by molar-refractivity contribution is 7.88. The molecule has 2 aromatic heterocycles. The third kappa shape index (κ3) is 9.36. The van der Waals surface area contributed by atoms with Gasteiger partial charge >= 0.3 is 0 Å². The summed E-state index contributed by atoms with van der Waals surface area (Å²) in [6, 6.07) is 17.7. The minimum Gasteiger partial charge on any atom is -0.496 e. The molecular formula is C38H46Cl2N6O6S2. The molecule has 4 aromatic rings. The van der Waals surface area contributed by atoms with Gasteiger partial charge in [-0.2, -0.15) is 0 Å². The standard InChI is InChI=1S/C38H46Cl2N6O6S2/c1-51-34-22-25(8-9-26(34)23-42-28-13-18-45(19-14-28)53(3,47)48)37-36(40)31(12-17-41-37)30-6-5-7-32(35(30)39)33-11-10-27(38(44-33)52-2)24-43-29-15-20-46(21-16-29)54(4,49)50/h5-12,17,22,28-29,42-43H,13-16,18-21,23-24H2,1-4H3. The van der Waals surface area contributed by atoms with E-state index in [1.165, 1.54) is 21.1 Å². The van der Waals surface area contributed by atoms with Crippen LogP contribution < -0.4 is 20.1 Å². The van der Waals surface area contributed by atoms with Gasteiger partial charge in [-0.25, -0.2) is 30.4 Å². The number of piperidine rings is 2. The average Bonchev–Trinajstić information content (AvgIpc) is 3.16. The van der Waals surface area contributed by atoms with E-state index in [-0.39, 0.29) is 12.1 Å². The molecular weight excluding hydrogens is 771 g/mol. The fourth-order valence-electron chi connectivity index (χ4n) is 7.05. The Hall–Kier alpha value is -3.34. The summed E-state index contributed by atoms with van der Waals surface area (Å²) >= 11 is 14.2. The normalized spacial score (nSPS) is 16.8. The Bertz CT molecular complexity index is 2040. The van der Waals surface area contributed by atoms with Gasteiger partial charge in [0.05, 0.1) is 48.2 Å². The Morgan fingerprint density at radius 1 is 0.722 bits per heavy atom. The molecule has 12 nitrogen and oxygen atoms in total. The Balaban J connectivity index is 1.17. The van der Waals surface area contributed by atoms with Crippen LogP contribution >= 0.6 is 23.2 Å². The van der Waals surface area contributed by atoms with E-state index in [2.05, 4.69) is 15.6 Å². The van der Waals surface area contributed by atoms with Gasteiger partial charge in [0.25, 0.3) is 0 Å². The molecule has 0 bridgehead atoms. The monoisotopic (exact) mass is 816 g/mol. The van der Waals surface area contributed by atoms with Crippen molar-refractivity contribution in [3.63, 3.8) is 0 Å². The van der Waals surface area contributed by atoms with E-state index < -0.39 is 20.0 Å². The smallest absolute Gasteiger partial charge is 0.218 e. The quantitative estimate of drug-likeness (QED) is 0.169. The summed E-state index contributed by atoms with van der Waals surface area (Å²) in [5.74, 6) is 1.16. The molecule has 0 amide bonds. The maximum Gasteiger partial charge on any atom is 0.218 e. The van der Waals surface area contributed by atoms with Crippen LogP contribution in [0.1, 0.15) is 36.8 Å². The third-order valence-electron chi connectivity index (χ3n) is 10.2. The lowest BCUT2D eigenvalue weighted by atomic mass is 9.99. The van der Waals surface area contributed by atoms with Gasteiger partial charge in [0.1, 0.15) is 5.75 Å². The predicted octanol–water partition coefficient (Wildman–Crippen LogP) is 5.83. The van der Waals surface area contributed by atoms with Crippen molar-refractivity contribution < 1.29 is 26.3 Å². The van der Waals surface area contributed by atoms with Gasteiger partial charge in [-0.15, -0.1) is 0 Å². The van der Waals surface area contributed by atoms with Gasteiger partial charge in [0.15, 0.2) is 0 Å². The van der Waals surface area contributed by atoms with Crippen molar-refractivity contribution in [2.45, 2.75) is 50.9 Å². The first-order chi connectivity index (χ1) is 25.8. The first-order valence-corrected chi connectivity index (χ1v) is 22.2. The molecule has 0 radical (unpaired) electrons. The number of sulfonamides is 2. The molecule has 2 N–H and O–H groups in total. The highest BCUT2D eigenvalue weighted by Gasteiger charge is 2.26. The first-order valence-electron chi connectivity index (χ1n) is 17.8. The number of halogens is 2. The van der Waals surface area contributed by atoms with Gasteiger partial charge in [-0.3, -0.25) is 4.98 Å². The minimum absolute atomic E-state index is 0.190. The zero-order valence-electron chi connectivity index (χ0n) is 30.8. The van der Waals surface area contributed by atoms with Crippen LogP contribution in [-0.2, 0) is 33.1 Å². The summed E-state index contributed by atoms with van der Waals surface area (Å²) in [6.07, 6.45) is 7.16. The van der Waals surface area contributed by atoms with E-state index in [1.807, 2.05) is 54.6 Å². The lowest BCUT2D eigenvalue weighted by Gasteiger charge is -2.30. The Kier molecular flexibility index (Phi) is 12.9. The molecule has 290 valence electrons. The average molecular weight is 818 g/mol. The van der Waals surface area contributed by atoms with Crippen molar-refractivity contribution in [2.75, 3.05) is 52.9 Å². The van der Waals surface area contributed by atoms with Gasteiger partial charge in [0, 0.05) is 90.9 Å². The molecule has 2 saturated heterocycles. The zero-order valence-corrected chi connectivity index (χ0v) is 34.0. The molecule has 0 spiro atoms. The van der Waals surface area contributed by atoms with Crippen LogP contribution in [0.5, 0.6) is 11.6 Å². The predicted molar refractivity (Wildman–Crippen MR) is 214 cm³/mol. The van der Waals surface area contributed by atoms with Gasteiger partial charge in [0.2, 0.25) is 25.9 Å². The SMILES string of the molecule is COc1cc(-c2nccc(-c3cccc(-c4ccc(CNC5CCN(S(C)(=O)=O)CC5)c(OC)n4)c3Cl)c2Cl)ccc1CNC1CCN(S(C)(=O)=O)CC1. The summed E-state index contributed by atoms with van der Waals surface area (Å²) in [5.41, 5.74) is 6.02. The van der Waals surface area contributed by atoms with Gasteiger partial charge in [-0.1, -0.05) is 59.6 Å². The van der Waals surface area contributed by atoms with Crippen LogP contribution in [-0.4, -0.2) is 100 Å². The van der Waals surface area contributed by atoms with Gasteiger partial charge in [-0.05, 0) is 43.9 Å². The zero-order chi connectivity index (χ0) is 38.6. The summed E-state index contributed by atoms with van der Waals surface area (Å²) in [4.78, 5) is 9.44. The second-order valence-corrected chi connectivity index (χ2v) is 18.4. The van der Waals surface area contributed by atoms with Crippen molar-refractivity contribution in [2.24, 2.45) is 0 Å². The van der Waals surface area contributed by atoms with Crippen molar-refractivity contribution in [3.8, 4) is 45.3 Å². The van der Waals surface area contributed by atoms with Crippen LogP contribution in [0.4, 0.5) is 0 Å². The largest absolute Gasteiger partial charge is 0.496 e. The van der Waals surface area contributed by atoms with E-state index in [9.17, 15) is 16.8 Å². The van der Waals surface area contributed by atoms with E-state index >= 15 is 0 Å². The van der Waals surface area contributed by atoms with E-state index in [0.717, 1.165) is 53.5 Å². The Labute approximate surface area is 328 Å². The van der Waals surface area contributed by atoms with Crippen molar-refractivity contribution in [1.82, 2.24) is 29.2 Å². The number of rotatable bonds is 13. The molecule has 54 heavy (non-hydrogen) atoms. The number of ether oxygens (including phenoxy) is 2. The van der Waals surface area contributed by atoms with Crippen molar-refractivity contribution in [1.29, 1.82) is 0 Å². The fraction of sp³-hybridized carbons (Fsp3) is 0.421. The molecule has 2 aliphatic heterocycles. The number of aromatic nitrogens is 2. The van der Waals surface area contributed by atoms with E-state index in [4.69, 9.17) is 37.7 Å². The number of hydrogen-bond acceptors (Lipinski definition) is 10. The van der Waals surface area contributed by atoms with Crippen LogP contribution in [0.15, 0.2) is 60.8 Å². The number of methoxy groups -OCH3 is 2. The molecule has 0 unspecified atom stereocenters. The maximum atomic E-state index is 11.9. The highest BCUT2D eigenvalue weighted by atomic mass is 35.5. The highest BCUT2D eigenvalue weighted by Crippen LogP contribution is 2.42. The number of benzene rings is 2. The lowest BCUT2D eigenvalue weighted by Crippen LogP contribution is -2.44. The molecule has 2 fully saturated rings.